The second kappa shape index (κ2) is 4.66. The van der Waals surface area contributed by atoms with Crippen molar-refractivity contribution in [1.29, 1.82) is 0 Å². The van der Waals surface area contributed by atoms with Gasteiger partial charge in [0, 0.05) is 22.6 Å². The fourth-order valence-electron chi connectivity index (χ4n) is 2.00. The highest BCUT2D eigenvalue weighted by atomic mass is 32.1. The van der Waals surface area contributed by atoms with Crippen LogP contribution in [0.2, 0.25) is 0 Å². The van der Waals surface area contributed by atoms with Crippen LogP contribution in [-0.4, -0.2) is 10.2 Å². The molecule has 3 rings (SSSR count). The van der Waals surface area contributed by atoms with E-state index in [0.29, 0.717) is 0 Å². The third kappa shape index (κ3) is 2.13. The van der Waals surface area contributed by atoms with Crippen LogP contribution in [0.5, 0.6) is 0 Å². The fraction of sp³-hybridized carbons (Fsp3) is 0. The molecule has 19 heavy (non-hydrogen) atoms. The Hall–Kier alpha value is -2.47. The molecule has 0 atom stereocenters. The summed E-state index contributed by atoms with van der Waals surface area (Å²) in [6.07, 6.45) is 1.90. The largest absolute Gasteiger partial charge is 0.375 e. The lowest BCUT2D eigenvalue weighted by Gasteiger charge is -2.09. The summed E-state index contributed by atoms with van der Waals surface area (Å²) in [5, 5.41) is 5.74. The summed E-state index contributed by atoms with van der Waals surface area (Å²) < 4.78 is 1.81. The summed E-state index contributed by atoms with van der Waals surface area (Å²) in [5.74, 6) is 0. The number of nitrogens with one attached hydrogen (secondary N) is 2. The van der Waals surface area contributed by atoms with E-state index in [-0.39, 0.29) is 5.11 Å². The number of anilines is 1. The molecule has 1 aromatic carbocycles. The zero-order chi connectivity index (χ0) is 13.2. The molecule has 0 radical (unpaired) electrons. The predicted octanol–water partition coefficient (Wildman–Crippen LogP) is 1.13. The van der Waals surface area contributed by atoms with Crippen molar-refractivity contribution in [1.82, 2.24) is 10.5 Å². The Morgan fingerprint density at radius 3 is 2.79 bits per heavy atom. The van der Waals surface area contributed by atoms with E-state index in [2.05, 4.69) is 16.0 Å². The van der Waals surface area contributed by atoms with E-state index in [1.807, 2.05) is 53.2 Å². The van der Waals surface area contributed by atoms with Crippen LogP contribution in [0.4, 0.5) is 5.69 Å². The van der Waals surface area contributed by atoms with E-state index >= 15 is 0 Å². The average molecular weight is 270 g/mol. The van der Waals surface area contributed by atoms with Crippen molar-refractivity contribution in [2.75, 3.05) is 5.43 Å². The molecule has 0 aliphatic heterocycles. The summed E-state index contributed by atoms with van der Waals surface area (Å²) in [6.45, 7) is 0. The monoisotopic (exact) mass is 270 g/mol. The molecule has 6 heteroatoms. The van der Waals surface area contributed by atoms with Crippen molar-refractivity contribution in [3.63, 3.8) is 0 Å². The molecular formula is C13H12N5S+. The molecule has 0 bridgehead atoms. The molecule has 0 unspecified atom stereocenters. The minimum atomic E-state index is 0.190. The molecule has 94 valence electrons. The lowest BCUT2D eigenvalue weighted by Crippen LogP contribution is -2.36. The van der Waals surface area contributed by atoms with Crippen LogP contribution in [0.25, 0.3) is 16.4 Å². The minimum absolute atomic E-state index is 0.190. The number of hydrogen-bond donors (Lipinski definition) is 3. The molecule has 2 heterocycles. The number of benzene rings is 1. The molecule has 0 spiro atoms. The van der Waals surface area contributed by atoms with E-state index < -0.39 is 0 Å². The number of thiocarbonyl (C=S) groups is 1. The maximum Gasteiger partial charge on any atom is 0.263 e. The van der Waals surface area contributed by atoms with Crippen LogP contribution in [0.1, 0.15) is 0 Å². The summed E-state index contributed by atoms with van der Waals surface area (Å²) in [6, 6.07) is 13.7. The Balaban J connectivity index is 2.29. The van der Waals surface area contributed by atoms with E-state index in [1.54, 1.807) is 0 Å². The number of hydrazine groups is 1. The van der Waals surface area contributed by atoms with Gasteiger partial charge in [0.25, 0.3) is 5.52 Å². The van der Waals surface area contributed by atoms with Crippen LogP contribution in [-0.2, 0) is 0 Å². The highest BCUT2D eigenvalue weighted by molar-refractivity contribution is 7.80. The first-order valence-electron chi connectivity index (χ1n) is 5.76. The van der Waals surface area contributed by atoms with Crippen molar-refractivity contribution in [3.8, 4) is 0 Å². The van der Waals surface area contributed by atoms with E-state index in [0.717, 1.165) is 22.1 Å². The maximum absolute atomic E-state index is 5.46. The van der Waals surface area contributed by atoms with Gasteiger partial charge in [-0.1, -0.05) is 18.2 Å². The van der Waals surface area contributed by atoms with Crippen molar-refractivity contribution < 1.29 is 4.52 Å². The van der Waals surface area contributed by atoms with E-state index in [4.69, 9.17) is 18.0 Å². The predicted molar refractivity (Wildman–Crippen MR) is 78.4 cm³/mol. The Morgan fingerprint density at radius 1 is 1.16 bits per heavy atom. The third-order valence-electron chi connectivity index (χ3n) is 2.79. The van der Waals surface area contributed by atoms with Gasteiger partial charge in [-0.15, -0.1) is 0 Å². The Kier molecular flexibility index (Phi) is 2.85. The van der Waals surface area contributed by atoms with Gasteiger partial charge in [-0.05, 0) is 28.9 Å². The fourth-order valence-corrected chi connectivity index (χ4v) is 2.05. The molecule has 0 saturated heterocycles. The first kappa shape index (κ1) is 11.6. The number of nitrogens with zero attached hydrogens (tertiary/aromatic N) is 2. The molecule has 0 aliphatic carbocycles. The second-order valence-electron chi connectivity index (χ2n) is 4.04. The van der Waals surface area contributed by atoms with Gasteiger partial charge in [-0.25, -0.2) is 0 Å². The lowest BCUT2D eigenvalue weighted by atomic mass is 10.2. The maximum atomic E-state index is 5.46. The van der Waals surface area contributed by atoms with E-state index in [1.165, 1.54) is 0 Å². The molecule has 5 nitrogen and oxygen atoms in total. The van der Waals surface area contributed by atoms with Crippen molar-refractivity contribution >= 4 is 39.4 Å². The van der Waals surface area contributed by atoms with Gasteiger partial charge >= 0.3 is 0 Å². The summed E-state index contributed by atoms with van der Waals surface area (Å²) >= 11 is 4.82. The lowest BCUT2D eigenvalue weighted by molar-refractivity contribution is -0.577. The van der Waals surface area contributed by atoms with Crippen molar-refractivity contribution in [2.24, 2.45) is 5.73 Å². The molecule has 0 fully saturated rings. The zero-order valence-electron chi connectivity index (χ0n) is 10.00. The first-order valence-corrected chi connectivity index (χ1v) is 6.17. The molecule has 3 aromatic rings. The molecule has 4 N–H and O–H groups in total. The van der Waals surface area contributed by atoms with E-state index in [9.17, 15) is 0 Å². The Morgan fingerprint density at radius 2 is 1.95 bits per heavy atom. The number of hydrogen-bond acceptors (Lipinski definition) is 3. The van der Waals surface area contributed by atoms with Crippen LogP contribution >= 0.6 is 12.2 Å². The van der Waals surface area contributed by atoms with Gasteiger partial charge in [0.15, 0.2) is 5.11 Å². The average Bonchev–Trinajstić information content (AvgIpc) is 2.43. The van der Waals surface area contributed by atoms with Crippen LogP contribution in [0.15, 0.2) is 48.7 Å². The van der Waals surface area contributed by atoms with Gasteiger partial charge in [0.2, 0.25) is 6.20 Å². The summed E-state index contributed by atoms with van der Waals surface area (Å²) in [5.41, 5.74) is 14.0. The van der Waals surface area contributed by atoms with Gasteiger partial charge < -0.3 is 5.73 Å². The summed E-state index contributed by atoms with van der Waals surface area (Å²) in [4.78, 5) is 0. The second-order valence-corrected chi connectivity index (χ2v) is 4.48. The third-order valence-corrected chi connectivity index (χ3v) is 2.90. The molecule has 0 amide bonds. The van der Waals surface area contributed by atoms with Crippen molar-refractivity contribution in [2.45, 2.75) is 0 Å². The normalized spacial score (nSPS) is 10.5. The topological polar surface area (TPSA) is 67.1 Å². The molecular weight excluding hydrogens is 258 g/mol. The standard InChI is InChI=1S/C13H11N5S/c14-13(19)16-15-12-9-5-1-2-6-10(9)17-18-8-4-3-7-11(12)18/h1-8,17H,(H2,14,19)/p+1. The Bertz CT molecular complexity index is 717. The first-order chi connectivity index (χ1) is 9.25. The molecule has 0 saturated carbocycles. The van der Waals surface area contributed by atoms with Gasteiger partial charge in [0.1, 0.15) is 11.2 Å². The van der Waals surface area contributed by atoms with Crippen molar-refractivity contribution in [3.05, 3.63) is 48.7 Å². The molecule has 2 aromatic heterocycles. The highest BCUT2D eigenvalue weighted by Gasteiger charge is 2.14. The quantitative estimate of drug-likeness (QED) is 0.282. The number of aromatic nitrogens is 2. The summed E-state index contributed by atoms with van der Waals surface area (Å²) in [7, 11) is 0. The smallest absolute Gasteiger partial charge is 0.263 e. The van der Waals surface area contributed by atoms with Crippen LogP contribution < -0.4 is 21.1 Å². The number of fused-ring (bicyclic) bond motifs is 2. The number of nitrogens with two attached hydrogens (primary N) is 1. The SMILES string of the molecule is NC(=S)NNc1c2ccccc2n[n+]2ccccc12. The van der Waals surface area contributed by atoms with Crippen LogP contribution in [0, 0.1) is 0 Å². The number of pyridine rings is 1. The zero-order valence-corrected chi connectivity index (χ0v) is 10.8. The van der Waals surface area contributed by atoms with Gasteiger partial charge in [-0.3, -0.25) is 10.9 Å². The number of rotatable bonds is 2. The molecule has 0 aliphatic rings. The van der Waals surface area contributed by atoms with Gasteiger partial charge in [0.05, 0.1) is 0 Å². The van der Waals surface area contributed by atoms with Gasteiger partial charge in [-0.2, -0.15) is 0 Å². The highest BCUT2D eigenvalue weighted by Crippen LogP contribution is 2.23. The van der Waals surface area contributed by atoms with Crippen LogP contribution in [0.3, 0.4) is 0 Å². The Labute approximate surface area is 115 Å². The minimum Gasteiger partial charge on any atom is -0.375 e.